The molecule has 2 bridgehead atoms. The highest BCUT2D eigenvalue weighted by Crippen LogP contribution is 2.27. The van der Waals surface area contributed by atoms with Gasteiger partial charge in [0.2, 0.25) is 5.95 Å². The van der Waals surface area contributed by atoms with E-state index in [1.165, 1.54) is 4.80 Å². The third-order valence-corrected chi connectivity index (χ3v) is 6.74. The van der Waals surface area contributed by atoms with Crippen molar-refractivity contribution in [3.8, 4) is 16.9 Å². The minimum Gasteiger partial charge on any atom is -0.379 e. The van der Waals surface area contributed by atoms with Crippen LogP contribution in [0.5, 0.6) is 0 Å². The summed E-state index contributed by atoms with van der Waals surface area (Å²) < 4.78 is 5.99. The SMILES string of the molecule is Cc1ccc(-n2nccn2)c(C(=O)N2CC3COCC2CN(c2nccc(-c4ccccc4)n2)C3)c1. The van der Waals surface area contributed by atoms with Gasteiger partial charge in [0.15, 0.2) is 0 Å². The fourth-order valence-electron chi connectivity index (χ4n) is 5.02. The fourth-order valence-corrected chi connectivity index (χ4v) is 5.02. The van der Waals surface area contributed by atoms with E-state index in [-0.39, 0.29) is 17.9 Å². The molecule has 2 unspecified atom stereocenters. The lowest BCUT2D eigenvalue weighted by molar-refractivity contribution is 0.0611. The molecule has 2 fully saturated rings. The van der Waals surface area contributed by atoms with Crippen molar-refractivity contribution >= 4 is 11.9 Å². The molecule has 2 aliphatic rings. The zero-order valence-corrected chi connectivity index (χ0v) is 20.1. The van der Waals surface area contributed by atoms with Crippen LogP contribution in [0.2, 0.25) is 0 Å². The molecule has 1 amide bonds. The van der Waals surface area contributed by atoms with E-state index in [2.05, 4.69) is 20.1 Å². The molecule has 4 heterocycles. The summed E-state index contributed by atoms with van der Waals surface area (Å²) in [5.41, 5.74) is 4.21. The van der Waals surface area contributed by atoms with E-state index in [0.717, 1.165) is 23.4 Å². The van der Waals surface area contributed by atoms with E-state index in [0.29, 0.717) is 43.5 Å². The number of aryl methyl sites for hydroxylation is 1. The number of amides is 1. The lowest BCUT2D eigenvalue weighted by Crippen LogP contribution is -2.47. The predicted octanol–water partition coefficient (Wildman–Crippen LogP) is 3.01. The first kappa shape index (κ1) is 22.4. The smallest absolute Gasteiger partial charge is 0.256 e. The second-order valence-electron chi connectivity index (χ2n) is 9.37. The molecule has 0 saturated carbocycles. The second kappa shape index (κ2) is 9.50. The number of carbonyl (C=O) groups excluding carboxylic acids is 1. The van der Waals surface area contributed by atoms with Crippen LogP contribution >= 0.6 is 0 Å². The predicted molar refractivity (Wildman–Crippen MR) is 135 cm³/mol. The molecule has 182 valence electrons. The zero-order chi connectivity index (χ0) is 24.5. The van der Waals surface area contributed by atoms with Crippen LogP contribution in [0.1, 0.15) is 15.9 Å². The number of nitrogens with zero attached hydrogens (tertiary/aromatic N) is 7. The Bertz CT molecular complexity index is 1360. The monoisotopic (exact) mass is 481 g/mol. The van der Waals surface area contributed by atoms with Crippen molar-refractivity contribution in [1.29, 1.82) is 0 Å². The summed E-state index contributed by atoms with van der Waals surface area (Å²) in [6, 6.07) is 17.7. The Hall–Kier alpha value is -4.11. The van der Waals surface area contributed by atoms with Gasteiger partial charge in [0.25, 0.3) is 5.91 Å². The van der Waals surface area contributed by atoms with Crippen molar-refractivity contribution in [2.75, 3.05) is 37.7 Å². The number of rotatable bonds is 4. The first-order chi connectivity index (χ1) is 17.7. The summed E-state index contributed by atoms with van der Waals surface area (Å²) in [6.07, 6.45) is 5.03. The van der Waals surface area contributed by atoms with Crippen molar-refractivity contribution in [3.05, 3.63) is 84.3 Å². The summed E-state index contributed by atoms with van der Waals surface area (Å²) >= 11 is 0. The van der Waals surface area contributed by atoms with E-state index in [1.54, 1.807) is 18.6 Å². The maximum absolute atomic E-state index is 14.0. The maximum atomic E-state index is 14.0. The van der Waals surface area contributed by atoms with Crippen molar-refractivity contribution in [2.45, 2.75) is 13.0 Å². The van der Waals surface area contributed by atoms with Gasteiger partial charge in [-0.1, -0.05) is 42.0 Å². The first-order valence-electron chi connectivity index (χ1n) is 12.1. The van der Waals surface area contributed by atoms with Gasteiger partial charge in [-0.2, -0.15) is 15.0 Å². The molecule has 0 spiro atoms. The Balaban J connectivity index is 1.31. The second-order valence-corrected chi connectivity index (χ2v) is 9.37. The topological polar surface area (TPSA) is 89.3 Å². The molecule has 2 atom stereocenters. The van der Waals surface area contributed by atoms with Crippen LogP contribution in [0, 0.1) is 12.8 Å². The van der Waals surface area contributed by atoms with Gasteiger partial charge in [-0.3, -0.25) is 4.79 Å². The summed E-state index contributed by atoms with van der Waals surface area (Å²) in [5.74, 6) is 0.786. The van der Waals surface area contributed by atoms with Gasteiger partial charge in [-0.15, -0.1) is 0 Å². The lowest BCUT2D eigenvalue weighted by Gasteiger charge is -2.31. The van der Waals surface area contributed by atoms with Crippen LogP contribution in [0.4, 0.5) is 5.95 Å². The van der Waals surface area contributed by atoms with Gasteiger partial charge < -0.3 is 14.5 Å². The van der Waals surface area contributed by atoms with E-state index < -0.39 is 0 Å². The normalized spacial score (nSPS) is 19.7. The third kappa shape index (κ3) is 4.33. The van der Waals surface area contributed by atoms with Gasteiger partial charge in [0.05, 0.1) is 48.6 Å². The van der Waals surface area contributed by atoms with E-state index >= 15 is 0 Å². The highest BCUT2D eigenvalue weighted by molar-refractivity contribution is 5.98. The largest absolute Gasteiger partial charge is 0.379 e. The number of hydrogen-bond acceptors (Lipinski definition) is 7. The number of hydrogen-bond donors (Lipinski definition) is 0. The summed E-state index contributed by atoms with van der Waals surface area (Å²) in [5, 5.41) is 8.52. The molecule has 0 N–H and O–H groups in total. The van der Waals surface area contributed by atoms with Gasteiger partial charge in [-0.25, -0.2) is 9.97 Å². The van der Waals surface area contributed by atoms with Crippen molar-refractivity contribution in [3.63, 3.8) is 0 Å². The summed E-state index contributed by atoms with van der Waals surface area (Å²) in [6.45, 7) is 4.98. The molecular weight excluding hydrogens is 454 g/mol. The molecule has 9 nitrogen and oxygen atoms in total. The standard InChI is InChI=1S/C27H27N7O2/c1-19-7-8-25(34-29-11-12-30-34)23(13-19)26(35)33-15-20-14-32(16-22(33)18-36-17-20)27-28-10-9-24(31-27)21-5-3-2-4-6-21/h2-13,20,22H,14-18H2,1H3. The Labute approximate surface area is 209 Å². The third-order valence-electron chi connectivity index (χ3n) is 6.74. The average molecular weight is 482 g/mol. The average Bonchev–Trinajstić information content (AvgIpc) is 3.28. The summed E-state index contributed by atoms with van der Waals surface area (Å²) in [7, 11) is 0. The van der Waals surface area contributed by atoms with Crippen LogP contribution in [-0.2, 0) is 4.74 Å². The minimum absolute atomic E-state index is 0.0349. The van der Waals surface area contributed by atoms with Crippen LogP contribution in [0.25, 0.3) is 16.9 Å². The quantitative estimate of drug-likeness (QED) is 0.443. The van der Waals surface area contributed by atoms with Gasteiger partial charge in [0.1, 0.15) is 0 Å². The molecule has 0 radical (unpaired) electrons. The molecule has 9 heteroatoms. The van der Waals surface area contributed by atoms with Crippen LogP contribution in [-0.4, -0.2) is 74.7 Å². The van der Waals surface area contributed by atoms with Gasteiger partial charge in [0, 0.05) is 37.3 Å². The maximum Gasteiger partial charge on any atom is 0.256 e. The molecule has 2 aromatic heterocycles. The molecule has 2 aliphatic heterocycles. The number of carbonyl (C=O) groups is 1. The highest BCUT2D eigenvalue weighted by Gasteiger charge is 2.37. The van der Waals surface area contributed by atoms with Gasteiger partial charge >= 0.3 is 0 Å². The molecule has 36 heavy (non-hydrogen) atoms. The van der Waals surface area contributed by atoms with Crippen molar-refractivity contribution in [2.24, 2.45) is 5.92 Å². The van der Waals surface area contributed by atoms with Crippen LogP contribution in [0.3, 0.4) is 0 Å². The van der Waals surface area contributed by atoms with Crippen molar-refractivity contribution < 1.29 is 9.53 Å². The number of benzene rings is 2. The molecule has 6 rings (SSSR count). The van der Waals surface area contributed by atoms with Gasteiger partial charge in [-0.05, 0) is 25.1 Å². The lowest BCUT2D eigenvalue weighted by atomic mass is 10.1. The molecule has 2 aromatic carbocycles. The first-order valence-corrected chi connectivity index (χ1v) is 12.1. The van der Waals surface area contributed by atoms with Crippen molar-refractivity contribution in [1.82, 2.24) is 29.9 Å². The number of anilines is 1. The Kier molecular flexibility index (Phi) is 5.90. The van der Waals surface area contributed by atoms with E-state index in [1.807, 2.05) is 66.4 Å². The Morgan fingerprint density at radius 2 is 1.78 bits per heavy atom. The Morgan fingerprint density at radius 1 is 0.944 bits per heavy atom. The minimum atomic E-state index is -0.132. The molecule has 4 aromatic rings. The Morgan fingerprint density at radius 3 is 2.61 bits per heavy atom. The molecule has 0 aliphatic carbocycles. The van der Waals surface area contributed by atoms with E-state index in [4.69, 9.17) is 9.72 Å². The number of aromatic nitrogens is 5. The zero-order valence-electron chi connectivity index (χ0n) is 20.1. The fraction of sp³-hybridized carbons (Fsp3) is 0.296. The number of ether oxygens (including phenoxy) is 1. The number of fused-ring (bicyclic) bond motifs is 3. The summed E-state index contributed by atoms with van der Waals surface area (Å²) in [4.78, 5) is 29.1. The van der Waals surface area contributed by atoms with E-state index in [9.17, 15) is 4.79 Å². The molecule has 2 saturated heterocycles. The van der Waals surface area contributed by atoms with Crippen LogP contribution < -0.4 is 4.90 Å². The van der Waals surface area contributed by atoms with Crippen LogP contribution in [0.15, 0.2) is 73.2 Å². The highest BCUT2D eigenvalue weighted by atomic mass is 16.5. The molecular formula is C27H27N7O2.